The summed E-state index contributed by atoms with van der Waals surface area (Å²) in [6, 6.07) is 8.10. The van der Waals surface area contributed by atoms with Gasteiger partial charge in [-0.15, -0.1) is 0 Å². The van der Waals surface area contributed by atoms with E-state index < -0.39 is 40.9 Å². The van der Waals surface area contributed by atoms with Crippen molar-refractivity contribution in [1.29, 1.82) is 0 Å². The molecule has 0 saturated heterocycles. The number of carbonyl (C=O) groups is 3. The smallest absolute Gasteiger partial charge is 0.417 e. The number of carboxylic acid groups (broad SMARTS) is 1. The van der Waals surface area contributed by atoms with Gasteiger partial charge in [-0.2, -0.15) is 13.2 Å². The van der Waals surface area contributed by atoms with Crippen molar-refractivity contribution in [2.45, 2.75) is 38.0 Å². The molecule has 1 saturated carbocycles. The van der Waals surface area contributed by atoms with Crippen molar-refractivity contribution < 1.29 is 41.8 Å². The maximum atomic E-state index is 13.2. The first-order valence-electron chi connectivity index (χ1n) is 11.0. The summed E-state index contributed by atoms with van der Waals surface area (Å²) in [5.74, 6) is -3.18. The van der Waals surface area contributed by atoms with Gasteiger partial charge >= 0.3 is 12.1 Å². The molecule has 2 amide bonds. The zero-order valence-corrected chi connectivity index (χ0v) is 18.5. The largest absolute Gasteiger partial charge is 0.490 e. The van der Waals surface area contributed by atoms with Gasteiger partial charge in [0.15, 0.2) is 0 Å². The van der Waals surface area contributed by atoms with Gasteiger partial charge in [-0.3, -0.25) is 14.4 Å². The van der Waals surface area contributed by atoms with E-state index in [4.69, 9.17) is 9.84 Å². The van der Waals surface area contributed by atoms with Crippen LogP contribution in [0.15, 0.2) is 42.5 Å². The number of alkyl halides is 3. The summed E-state index contributed by atoms with van der Waals surface area (Å²) in [4.78, 5) is 35.4. The number of hydrogen-bond acceptors (Lipinski definition) is 4. The Bertz CT molecular complexity index is 1060. The molecule has 1 aliphatic carbocycles. The summed E-state index contributed by atoms with van der Waals surface area (Å²) in [6.07, 6.45) is -2.61. The molecule has 0 aliphatic heterocycles. The third-order valence-corrected chi connectivity index (χ3v) is 5.67. The lowest BCUT2D eigenvalue weighted by molar-refractivity contribution is -0.143. The molecule has 0 heterocycles. The van der Waals surface area contributed by atoms with E-state index in [0.29, 0.717) is 37.0 Å². The Labute approximate surface area is 198 Å². The molecule has 0 unspecified atom stereocenters. The second-order valence-electron chi connectivity index (χ2n) is 8.15. The predicted octanol–water partition coefficient (Wildman–Crippen LogP) is 4.03. The number of hydrogen-bond donors (Lipinski definition) is 3. The van der Waals surface area contributed by atoms with Gasteiger partial charge in [0.2, 0.25) is 0 Å². The minimum absolute atomic E-state index is 0.0435. The van der Waals surface area contributed by atoms with Crippen molar-refractivity contribution in [2.75, 3.05) is 13.1 Å². The van der Waals surface area contributed by atoms with E-state index in [-0.39, 0.29) is 31.2 Å². The van der Waals surface area contributed by atoms with E-state index in [1.165, 1.54) is 0 Å². The predicted molar refractivity (Wildman–Crippen MR) is 117 cm³/mol. The number of halogens is 4. The van der Waals surface area contributed by atoms with Crippen molar-refractivity contribution >= 4 is 17.8 Å². The quantitative estimate of drug-likeness (QED) is 0.378. The van der Waals surface area contributed by atoms with Crippen molar-refractivity contribution in [2.24, 2.45) is 5.92 Å². The monoisotopic (exact) mass is 496 g/mol. The first-order valence-corrected chi connectivity index (χ1v) is 11.0. The molecule has 0 radical (unpaired) electrons. The van der Waals surface area contributed by atoms with Crippen LogP contribution in [0.3, 0.4) is 0 Å². The molecular formula is C24H24F4N2O5. The van der Waals surface area contributed by atoms with Gasteiger partial charge in [0.05, 0.1) is 23.1 Å². The molecule has 0 spiro atoms. The van der Waals surface area contributed by atoms with Crippen LogP contribution in [0.2, 0.25) is 0 Å². The van der Waals surface area contributed by atoms with Gasteiger partial charge < -0.3 is 20.5 Å². The summed E-state index contributed by atoms with van der Waals surface area (Å²) < 4.78 is 58.1. The molecular weight excluding hydrogens is 472 g/mol. The number of carbonyl (C=O) groups excluding carboxylic acids is 2. The minimum atomic E-state index is -4.89. The Kier molecular flexibility index (Phi) is 8.31. The maximum Gasteiger partial charge on any atom is 0.417 e. The van der Waals surface area contributed by atoms with Gasteiger partial charge in [0, 0.05) is 18.7 Å². The lowest BCUT2D eigenvalue weighted by atomic mass is 9.87. The first kappa shape index (κ1) is 26.0. The average Bonchev–Trinajstić information content (AvgIpc) is 2.81. The van der Waals surface area contributed by atoms with Crippen molar-refractivity contribution in [3.05, 3.63) is 65.0 Å². The first-order chi connectivity index (χ1) is 16.5. The van der Waals surface area contributed by atoms with E-state index in [0.717, 1.165) is 12.1 Å². The molecule has 0 bridgehead atoms. The summed E-state index contributed by atoms with van der Waals surface area (Å²) >= 11 is 0. The van der Waals surface area contributed by atoms with Crippen molar-refractivity contribution in [3.8, 4) is 5.75 Å². The fraction of sp³-hybridized carbons (Fsp3) is 0.375. The number of ether oxygens (including phenoxy) is 1. The Morgan fingerprint density at radius 1 is 0.914 bits per heavy atom. The van der Waals surface area contributed by atoms with Gasteiger partial charge in [0.1, 0.15) is 11.6 Å². The number of nitrogens with one attached hydrogen (secondary N) is 2. The standard InChI is InChI=1S/C24H24F4N2O5/c25-16-5-10-19(20(13-16)24(26,27)28)22(32)30-12-11-29-21(31)14-1-6-17(7-2-14)35-18-8-3-15(4-9-18)23(33)34/h1-2,5-7,10,13,15,18H,3-4,8-9,11-12H2,(H,29,31)(H,30,32)(H,33,34). The Hall–Kier alpha value is -3.63. The Morgan fingerprint density at radius 2 is 1.51 bits per heavy atom. The highest BCUT2D eigenvalue weighted by Gasteiger charge is 2.35. The SMILES string of the molecule is O=C(NCCNC(=O)c1ccc(F)cc1C(F)(F)F)c1ccc(OC2CCC(C(=O)O)CC2)cc1. The molecule has 11 heteroatoms. The fourth-order valence-corrected chi connectivity index (χ4v) is 3.80. The number of carboxylic acids is 1. The van der Waals surface area contributed by atoms with E-state index in [2.05, 4.69) is 10.6 Å². The summed E-state index contributed by atoms with van der Waals surface area (Å²) in [7, 11) is 0. The number of rotatable bonds is 8. The lowest BCUT2D eigenvalue weighted by Crippen LogP contribution is -2.35. The fourth-order valence-electron chi connectivity index (χ4n) is 3.80. The zero-order valence-electron chi connectivity index (χ0n) is 18.5. The molecule has 3 N–H and O–H groups in total. The van der Waals surface area contributed by atoms with E-state index in [9.17, 15) is 31.9 Å². The van der Waals surface area contributed by atoms with Crippen LogP contribution in [0.4, 0.5) is 17.6 Å². The van der Waals surface area contributed by atoms with Crippen LogP contribution >= 0.6 is 0 Å². The zero-order chi connectivity index (χ0) is 25.6. The number of amides is 2. The minimum Gasteiger partial charge on any atom is -0.490 e. The van der Waals surface area contributed by atoms with E-state index >= 15 is 0 Å². The van der Waals surface area contributed by atoms with Gasteiger partial charge in [-0.05, 0) is 68.1 Å². The third-order valence-electron chi connectivity index (χ3n) is 5.67. The van der Waals surface area contributed by atoms with Gasteiger partial charge in [-0.1, -0.05) is 0 Å². The molecule has 0 aromatic heterocycles. The van der Waals surface area contributed by atoms with Crippen LogP contribution in [-0.2, 0) is 11.0 Å². The van der Waals surface area contributed by atoms with Gasteiger partial charge in [0.25, 0.3) is 11.8 Å². The summed E-state index contributed by atoms with van der Waals surface area (Å²) in [5, 5.41) is 13.9. The molecule has 2 aromatic carbocycles. The molecule has 188 valence electrons. The molecule has 2 aromatic rings. The van der Waals surface area contributed by atoms with Crippen LogP contribution < -0.4 is 15.4 Å². The Morgan fingerprint density at radius 3 is 2.09 bits per heavy atom. The normalized spacial score (nSPS) is 17.9. The van der Waals surface area contributed by atoms with Crippen LogP contribution in [-0.4, -0.2) is 42.1 Å². The highest BCUT2D eigenvalue weighted by Crippen LogP contribution is 2.32. The maximum absolute atomic E-state index is 13.2. The van der Waals surface area contributed by atoms with Crippen LogP contribution in [0.1, 0.15) is 52.0 Å². The molecule has 0 atom stereocenters. The highest BCUT2D eigenvalue weighted by molar-refractivity contribution is 5.96. The van der Waals surface area contributed by atoms with Crippen LogP contribution in [0.5, 0.6) is 5.75 Å². The van der Waals surface area contributed by atoms with E-state index in [1.54, 1.807) is 24.3 Å². The van der Waals surface area contributed by atoms with E-state index in [1.807, 2.05) is 0 Å². The topological polar surface area (TPSA) is 105 Å². The molecule has 3 rings (SSSR count). The van der Waals surface area contributed by atoms with Crippen LogP contribution in [0, 0.1) is 11.7 Å². The second kappa shape index (κ2) is 11.2. The Balaban J connectivity index is 1.44. The number of benzene rings is 2. The van der Waals surface area contributed by atoms with Crippen molar-refractivity contribution in [3.63, 3.8) is 0 Å². The summed E-state index contributed by atoms with van der Waals surface area (Å²) in [6.45, 7) is -0.183. The average molecular weight is 496 g/mol. The lowest BCUT2D eigenvalue weighted by Gasteiger charge is -2.26. The van der Waals surface area contributed by atoms with Crippen molar-refractivity contribution in [1.82, 2.24) is 10.6 Å². The molecule has 1 aliphatic rings. The van der Waals surface area contributed by atoms with Crippen LogP contribution in [0.25, 0.3) is 0 Å². The molecule has 35 heavy (non-hydrogen) atoms. The molecule has 1 fully saturated rings. The number of aliphatic carboxylic acids is 1. The second-order valence-corrected chi connectivity index (χ2v) is 8.15. The van der Waals surface area contributed by atoms with Gasteiger partial charge in [-0.25, -0.2) is 4.39 Å². The summed E-state index contributed by atoms with van der Waals surface area (Å²) in [5.41, 5.74) is -1.77. The molecule has 7 nitrogen and oxygen atoms in total. The third kappa shape index (κ3) is 7.17. The highest BCUT2D eigenvalue weighted by atomic mass is 19.4.